The maximum Gasteiger partial charge on any atom is 0.254 e. The molecule has 4 rings (SSSR count). The minimum Gasteiger partial charge on any atom is -0.349 e. The predicted octanol–water partition coefficient (Wildman–Crippen LogP) is 1.58. The molecule has 1 aliphatic heterocycles. The van der Waals surface area contributed by atoms with Crippen LogP contribution >= 0.6 is 0 Å². The number of hydrogen-bond donors (Lipinski definition) is 1. The van der Waals surface area contributed by atoms with Gasteiger partial charge in [0.2, 0.25) is 11.8 Å². The second kappa shape index (κ2) is 5.51. The van der Waals surface area contributed by atoms with E-state index in [2.05, 4.69) is 10.4 Å². The molecule has 0 atom stereocenters. The number of nitrogens with one attached hydrogen (secondary N) is 1. The molecule has 2 aliphatic carbocycles. The van der Waals surface area contributed by atoms with Gasteiger partial charge in [0.15, 0.2) is 0 Å². The number of alkyl halides is 2. The van der Waals surface area contributed by atoms with Crippen LogP contribution in [0.2, 0.25) is 0 Å². The quantitative estimate of drug-likeness (QED) is 0.898. The minimum absolute atomic E-state index is 0.0504. The Bertz CT molecular complexity index is 703. The van der Waals surface area contributed by atoms with E-state index in [1.807, 2.05) is 0 Å². The van der Waals surface area contributed by atoms with Crippen molar-refractivity contribution in [3.63, 3.8) is 0 Å². The molecule has 1 aromatic heterocycles. The van der Waals surface area contributed by atoms with E-state index in [4.69, 9.17) is 0 Å². The molecule has 2 amide bonds. The Morgan fingerprint density at radius 2 is 2.00 bits per heavy atom. The van der Waals surface area contributed by atoms with Gasteiger partial charge in [-0.3, -0.25) is 14.3 Å². The first-order valence-corrected chi connectivity index (χ1v) is 8.71. The molecule has 0 aromatic carbocycles. The first kappa shape index (κ1) is 16.5. The van der Waals surface area contributed by atoms with Gasteiger partial charge in [-0.15, -0.1) is 0 Å². The molecule has 3 aliphatic rings. The van der Waals surface area contributed by atoms with Crippen molar-refractivity contribution in [1.29, 1.82) is 0 Å². The molecule has 1 N–H and O–H groups in total. The van der Waals surface area contributed by atoms with Crippen molar-refractivity contribution < 1.29 is 18.4 Å². The van der Waals surface area contributed by atoms with E-state index in [1.54, 1.807) is 22.8 Å². The maximum atomic E-state index is 13.0. The van der Waals surface area contributed by atoms with Crippen LogP contribution < -0.4 is 5.32 Å². The first-order valence-electron chi connectivity index (χ1n) is 8.71. The normalized spacial score (nSPS) is 27.0. The van der Waals surface area contributed by atoms with Gasteiger partial charge in [0.25, 0.3) is 5.91 Å². The number of likely N-dealkylation sites (tertiary alicyclic amines) is 1. The van der Waals surface area contributed by atoms with E-state index in [9.17, 15) is 18.4 Å². The highest BCUT2D eigenvalue weighted by Crippen LogP contribution is 2.50. The molecule has 0 radical (unpaired) electrons. The van der Waals surface area contributed by atoms with Crippen LogP contribution in [0.1, 0.15) is 42.5 Å². The Morgan fingerprint density at radius 3 is 2.60 bits per heavy atom. The molecule has 1 spiro atoms. The van der Waals surface area contributed by atoms with Crippen molar-refractivity contribution in [2.45, 2.75) is 44.1 Å². The Hall–Kier alpha value is -1.99. The van der Waals surface area contributed by atoms with Crippen molar-refractivity contribution in [3.8, 4) is 0 Å². The molecular formula is C17H22F2N4O2. The number of carbonyl (C=O) groups excluding carboxylic acids is 2. The van der Waals surface area contributed by atoms with Crippen molar-refractivity contribution in [1.82, 2.24) is 20.0 Å². The summed E-state index contributed by atoms with van der Waals surface area (Å²) in [4.78, 5) is 26.2. The number of amides is 2. The Morgan fingerprint density at radius 1 is 1.28 bits per heavy atom. The summed E-state index contributed by atoms with van der Waals surface area (Å²) < 4.78 is 27.5. The Balaban J connectivity index is 1.26. The van der Waals surface area contributed by atoms with Crippen molar-refractivity contribution >= 4 is 11.8 Å². The number of hydrogen-bond acceptors (Lipinski definition) is 3. The van der Waals surface area contributed by atoms with Gasteiger partial charge in [-0.25, -0.2) is 8.78 Å². The van der Waals surface area contributed by atoms with Gasteiger partial charge in [0.05, 0.1) is 11.8 Å². The molecule has 1 aromatic rings. The van der Waals surface area contributed by atoms with E-state index >= 15 is 0 Å². The van der Waals surface area contributed by atoms with Crippen LogP contribution in [0.4, 0.5) is 8.78 Å². The van der Waals surface area contributed by atoms with E-state index in [-0.39, 0.29) is 36.1 Å². The lowest BCUT2D eigenvalue weighted by Gasteiger charge is -2.45. The Kier molecular flexibility index (Phi) is 3.63. The van der Waals surface area contributed by atoms with E-state index < -0.39 is 11.8 Å². The third-order valence-corrected chi connectivity index (χ3v) is 5.85. The summed E-state index contributed by atoms with van der Waals surface area (Å²) in [6.45, 7) is 1.28. The molecule has 136 valence electrons. The molecule has 2 saturated carbocycles. The zero-order valence-corrected chi connectivity index (χ0v) is 14.2. The fraction of sp³-hybridized carbons (Fsp3) is 0.706. The van der Waals surface area contributed by atoms with Crippen LogP contribution in [0.25, 0.3) is 0 Å². The molecule has 0 unspecified atom stereocenters. The molecule has 1 saturated heterocycles. The zero-order chi connectivity index (χ0) is 17.8. The summed E-state index contributed by atoms with van der Waals surface area (Å²) in [5.41, 5.74) is 0.590. The number of aryl methyl sites for hydroxylation is 1. The van der Waals surface area contributed by atoms with Gasteiger partial charge in [0, 0.05) is 51.1 Å². The van der Waals surface area contributed by atoms with Crippen LogP contribution in [0.3, 0.4) is 0 Å². The van der Waals surface area contributed by atoms with Crippen LogP contribution in [0, 0.1) is 11.3 Å². The van der Waals surface area contributed by atoms with Crippen molar-refractivity contribution in [2.75, 3.05) is 13.1 Å². The Labute approximate surface area is 144 Å². The topological polar surface area (TPSA) is 67.2 Å². The smallest absolute Gasteiger partial charge is 0.254 e. The summed E-state index contributed by atoms with van der Waals surface area (Å²) in [7, 11) is 1.76. The fourth-order valence-corrected chi connectivity index (χ4v) is 4.45. The lowest BCUT2D eigenvalue weighted by Crippen LogP contribution is -2.53. The number of halogens is 2. The molecule has 2 heterocycles. The van der Waals surface area contributed by atoms with Crippen molar-refractivity contribution in [3.05, 3.63) is 18.0 Å². The van der Waals surface area contributed by atoms with Gasteiger partial charge in [-0.05, 0) is 24.7 Å². The lowest BCUT2D eigenvalue weighted by molar-refractivity contribution is -0.159. The molecule has 6 nitrogen and oxygen atoms in total. The average molecular weight is 352 g/mol. The van der Waals surface area contributed by atoms with Gasteiger partial charge >= 0.3 is 0 Å². The highest BCUT2D eigenvalue weighted by molar-refractivity contribution is 5.94. The average Bonchev–Trinajstić information content (AvgIpc) is 3.10. The molecular weight excluding hydrogens is 330 g/mol. The highest BCUT2D eigenvalue weighted by Gasteiger charge is 2.54. The number of rotatable bonds is 3. The van der Waals surface area contributed by atoms with E-state index in [0.29, 0.717) is 18.7 Å². The first-order chi connectivity index (χ1) is 11.8. The molecule has 25 heavy (non-hydrogen) atoms. The zero-order valence-electron chi connectivity index (χ0n) is 14.2. The molecule has 8 heteroatoms. The van der Waals surface area contributed by atoms with Crippen LogP contribution in [0.15, 0.2) is 12.4 Å². The van der Waals surface area contributed by atoms with E-state index in [1.165, 1.54) is 6.20 Å². The van der Waals surface area contributed by atoms with Gasteiger partial charge in [-0.2, -0.15) is 5.10 Å². The van der Waals surface area contributed by atoms with Crippen LogP contribution in [-0.2, 0) is 11.8 Å². The van der Waals surface area contributed by atoms with Crippen LogP contribution in [-0.4, -0.2) is 51.5 Å². The maximum absolute atomic E-state index is 13.0. The number of aromatic nitrogens is 2. The summed E-state index contributed by atoms with van der Waals surface area (Å²) >= 11 is 0. The number of nitrogens with zero attached hydrogens (tertiary/aromatic N) is 3. The monoisotopic (exact) mass is 352 g/mol. The highest BCUT2D eigenvalue weighted by atomic mass is 19.3. The fourth-order valence-electron chi connectivity index (χ4n) is 4.45. The summed E-state index contributed by atoms with van der Waals surface area (Å²) in [6, 6.07) is 0.107. The van der Waals surface area contributed by atoms with Gasteiger partial charge in [-0.1, -0.05) is 0 Å². The van der Waals surface area contributed by atoms with Crippen LogP contribution in [0.5, 0.6) is 0 Å². The molecule has 0 bridgehead atoms. The summed E-state index contributed by atoms with van der Waals surface area (Å²) in [5, 5.41) is 6.99. The minimum atomic E-state index is -2.66. The third kappa shape index (κ3) is 3.02. The SMILES string of the molecule is Cn1cc(C(=O)NC2CC3(CCN(C(=O)C4CC(F)(F)C4)C3)C2)cn1. The largest absolute Gasteiger partial charge is 0.349 e. The van der Waals surface area contributed by atoms with Crippen molar-refractivity contribution in [2.24, 2.45) is 18.4 Å². The second-order valence-corrected chi connectivity index (χ2v) is 7.95. The van der Waals surface area contributed by atoms with Gasteiger partial charge in [0.1, 0.15) is 0 Å². The van der Waals surface area contributed by atoms with E-state index in [0.717, 1.165) is 19.3 Å². The summed E-state index contributed by atoms with van der Waals surface area (Å²) in [5.74, 6) is -3.41. The second-order valence-electron chi connectivity index (χ2n) is 7.95. The summed E-state index contributed by atoms with van der Waals surface area (Å²) in [6.07, 6.45) is 5.16. The standard InChI is InChI=1S/C17H22F2N4O2/c1-22-9-12(8-20-22)14(24)21-13-6-16(7-13)2-3-23(10-16)15(25)11-4-17(18,19)5-11/h8-9,11,13H,2-7,10H2,1H3,(H,21,24). The number of carbonyl (C=O) groups is 2. The molecule has 3 fully saturated rings. The lowest BCUT2D eigenvalue weighted by atomic mass is 9.65. The predicted molar refractivity (Wildman–Crippen MR) is 85.0 cm³/mol. The van der Waals surface area contributed by atoms with Gasteiger partial charge < -0.3 is 10.2 Å². The third-order valence-electron chi connectivity index (χ3n) is 5.85.